The Labute approximate surface area is 145 Å². The lowest BCUT2D eigenvalue weighted by Gasteiger charge is -2.26. The van der Waals surface area contributed by atoms with Crippen molar-refractivity contribution in [3.63, 3.8) is 0 Å². The van der Waals surface area contributed by atoms with Crippen LogP contribution in [0.15, 0.2) is 30.6 Å². The van der Waals surface area contributed by atoms with Gasteiger partial charge in [-0.25, -0.2) is 9.97 Å². The molecule has 3 aromatic rings. The van der Waals surface area contributed by atoms with Gasteiger partial charge in [-0.1, -0.05) is 0 Å². The molecule has 7 nitrogen and oxygen atoms in total. The van der Waals surface area contributed by atoms with E-state index in [0.717, 1.165) is 40.9 Å². The number of aromatic nitrogens is 4. The van der Waals surface area contributed by atoms with Crippen LogP contribution in [-0.4, -0.2) is 39.2 Å². The molecule has 0 spiro atoms. The molecule has 3 aromatic heterocycles. The molecule has 0 radical (unpaired) electrons. The van der Waals surface area contributed by atoms with Gasteiger partial charge in [-0.05, 0) is 37.1 Å². The zero-order valence-corrected chi connectivity index (χ0v) is 14.0. The molecular formula is C18H20N6O. The van der Waals surface area contributed by atoms with Crippen LogP contribution in [0.4, 0.5) is 5.82 Å². The first-order valence-electron chi connectivity index (χ1n) is 8.46. The molecule has 1 amide bonds. The van der Waals surface area contributed by atoms with E-state index in [9.17, 15) is 4.79 Å². The number of H-pyrrole nitrogens is 1. The molecule has 7 heteroatoms. The van der Waals surface area contributed by atoms with Crippen molar-refractivity contribution in [2.24, 2.45) is 0 Å². The van der Waals surface area contributed by atoms with Gasteiger partial charge in [-0.3, -0.25) is 9.89 Å². The average Bonchev–Trinajstić information content (AvgIpc) is 2.99. The normalized spacial score (nSPS) is 14.4. The Hall–Kier alpha value is -2.80. The second kappa shape index (κ2) is 6.60. The van der Waals surface area contributed by atoms with E-state index in [1.54, 1.807) is 12.4 Å². The average molecular weight is 336 g/mol. The van der Waals surface area contributed by atoms with E-state index < -0.39 is 0 Å². The topological polar surface area (TPSA) is 95.6 Å². The number of aryl methyl sites for hydroxylation is 2. The SMILES string of the molecule is Cc1nc2ncccc2cc1CCC(=O)Nc1[nH]ncc1C1CNC1. The fourth-order valence-corrected chi connectivity index (χ4v) is 3.06. The number of carbonyl (C=O) groups excluding carboxylic acids is 1. The number of rotatable bonds is 5. The number of nitrogens with zero attached hydrogens (tertiary/aromatic N) is 3. The second-order valence-corrected chi connectivity index (χ2v) is 6.39. The zero-order valence-electron chi connectivity index (χ0n) is 14.0. The summed E-state index contributed by atoms with van der Waals surface area (Å²) in [7, 11) is 0. The van der Waals surface area contributed by atoms with E-state index in [-0.39, 0.29) is 5.91 Å². The van der Waals surface area contributed by atoms with Crippen molar-refractivity contribution in [3.05, 3.63) is 47.4 Å². The van der Waals surface area contributed by atoms with Crippen molar-refractivity contribution in [2.75, 3.05) is 18.4 Å². The number of amides is 1. The first-order valence-corrected chi connectivity index (χ1v) is 8.46. The van der Waals surface area contributed by atoms with Crippen LogP contribution in [0, 0.1) is 6.92 Å². The van der Waals surface area contributed by atoms with Gasteiger partial charge >= 0.3 is 0 Å². The fourth-order valence-electron chi connectivity index (χ4n) is 3.06. The summed E-state index contributed by atoms with van der Waals surface area (Å²) in [5.74, 6) is 1.12. The van der Waals surface area contributed by atoms with Gasteiger partial charge in [0, 0.05) is 48.3 Å². The third-order valence-electron chi connectivity index (χ3n) is 4.66. The van der Waals surface area contributed by atoms with E-state index in [1.165, 1.54) is 0 Å². The maximum absolute atomic E-state index is 12.3. The van der Waals surface area contributed by atoms with Gasteiger partial charge in [0.05, 0.1) is 6.20 Å². The van der Waals surface area contributed by atoms with Crippen LogP contribution in [0.2, 0.25) is 0 Å². The van der Waals surface area contributed by atoms with Gasteiger partial charge in [0.15, 0.2) is 5.65 Å². The first kappa shape index (κ1) is 15.7. The molecule has 1 fully saturated rings. The molecule has 0 unspecified atom stereocenters. The molecule has 25 heavy (non-hydrogen) atoms. The van der Waals surface area contributed by atoms with Crippen molar-refractivity contribution < 1.29 is 4.79 Å². The van der Waals surface area contributed by atoms with Crippen LogP contribution >= 0.6 is 0 Å². The van der Waals surface area contributed by atoms with Crippen LogP contribution in [0.5, 0.6) is 0 Å². The van der Waals surface area contributed by atoms with E-state index in [2.05, 4.69) is 36.9 Å². The predicted octanol–water partition coefficient (Wildman–Crippen LogP) is 1.92. The van der Waals surface area contributed by atoms with Gasteiger partial charge in [0.25, 0.3) is 0 Å². The Morgan fingerprint density at radius 1 is 1.40 bits per heavy atom. The number of hydrogen-bond donors (Lipinski definition) is 3. The number of anilines is 1. The fraction of sp³-hybridized carbons (Fsp3) is 0.333. The van der Waals surface area contributed by atoms with Crippen LogP contribution in [0.3, 0.4) is 0 Å². The van der Waals surface area contributed by atoms with Gasteiger partial charge in [0.1, 0.15) is 5.82 Å². The molecule has 0 aromatic carbocycles. The van der Waals surface area contributed by atoms with Crippen molar-refractivity contribution in [3.8, 4) is 0 Å². The van der Waals surface area contributed by atoms with Gasteiger partial charge in [-0.2, -0.15) is 5.10 Å². The monoisotopic (exact) mass is 336 g/mol. The smallest absolute Gasteiger partial charge is 0.225 e. The molecule has 3 N–H and O–H groups in total. The molecule has 1 aliphatic heterocycles. The molecule has 0 atom stereocenters. The summed E-state index contributed by atoms with van der Waals surface area (Å²) in [4.78, 5) is 21.1. The highest BCUT2D eigenvalue weighted by Crippen LogP contribution is 2.25. The van der Waals surface area contributed by atoms with Crippen LogP contribution < -0.4 is 10.6 Å². The number of fused-ring (bicyclic) bond motifs is 1. The third kappa shape index (κ3) is 3.23. The summed E-state index contributed by atoms with van der Waals surface area (Å²) in [5.41, 5.74) is 3.80. The van der Waals surface area contributed by atoms with Crippen molar-refractivity contribution in [2.45, 2.75) is 25.7 Å². The Morgan fingerprint density at radius 3 is 3.08 bits per heavy atom. The molecule has 0 saturated carbocycles. The standard InChI is InChI=1S/C18H20N6O/c1-11-12(7-13-3-2-6-20-17(13)22-11)4-5-16(25)23-18-15(10-21-24-18)14-8-19-9-14/h2-3,6-7,10,14,19H,4-5,8-9H2,1H3,(H2,21,23,24,25). The van der Waals surface area contributed by atoms with Crippen LogP contribution in [0.1, 0.15) is 29.2 Å². The molecule has 0 aliphatic carbocycles. The third-order valence-corrected chi connectivity index (χ3v) is 4.66. The molecule has 1 saturated heterocycles. The number of aromatic amines is 1. The van der Waals surface area contributed by atoms with Crippen LogP contribution in [0.25, 0.3) is 11.0 Å². The summed E-state index contributed by atoms with van der Waals surface area (Å²) >= 11 is 0. The predicted molar refractivity (Wildman–Crippen MR) is 95.4 cm³/mol. The first-order chi connectivity index (χ1) is 12.2. The van der Waals surface area contributed by atoms with Crippen molar-refractivity contribution in [1.82, 2.24) is 25.5 Å². The minimum Gasteiger partial charge on any atom is -0.315 e. The number of hydrogen-bond acceptors (Lipinski definition) is 5. The highest BCUT2D eigenvalue weighted by Gasteiger charge is 2.23. The summed E-state index contributed by atoms with van der Waals surface area (Å²) in [6, 6.07) is 5.95. The molecule has 4 rings (SSSR count). The number of pyridine rings is 2. The summed E-state index contributed by atoms with van der Waals surface area (Å²) in [6.07, 6.45) is 4.58. The van der Waals surface area contributed by atoms with E-state index in [4.69, 9.17) is 0 Å². The molecule has 1 aliphatic rings. The van der Waals surface area contributed by atoms with Gasteiger partial charge in [0.2, 0.25) is 5.91 Å². The molecule has 128 valence electrons. The maximum atomic E-state index is 12.3. The lowest BCUT2D eigenvalue weighted by atomic mass is 9.96. The molecular weight excluding hydrogens is 316 g/mol. The summed E-state index contributed by atoms with van der Waals surface area (Å²) in [6.45, 7) is 3.81. The number of carbonyl (C=O) groups is 1. The van der Waals surface area contributed by atoms with E-state index in [1.807, 2.05) is 19.1 Å². The molecule has 0 bridgehead atoms. The Kier molecular flexibility index (Phi) is 4.15. The Morgan fingerprint density at radius 2 is 2.28 bits per heavy atom. The van der Waals surface area contributed by atoms with E-state index in [0.29, 0.717) is 24.6 Å². The minimum absolute atomic E-state index is 0.0246. The van der Waals surface area contributed by atoms with Crippen LogP contribution in [-0.2, 0) is 11.2 Å². The maximum Gasteiger partial charge on any atom is 0.225 e. The van der Waals surface area contributed by atoms with Gasteiger partial charge in [-0.15, -0.1) is 0 Å². The quantitative estimate of drug-likeness (QED) is 0.661. The van der Waals surface area contributed by atoms with Crippen molar-refractivity contribution >= 4 is 22.8 Å². The highest BCUT2D eigenvalue weighted by molar-refractivity contribution is 5.90. The minimum atomic E-state index is -0.0246. The largest absolute Gasteiger partial charge is 0.315 e. The summed E-state index contributed by atoms with van der Waals surface area (Å²) < 4.78 is 0. The van der Waals surface area contributed by atoms with E-state index >= 15 is 0 Å². The highest BCUT2D eigenvalue weighted by atomic mass is 16.1. The van der Waals surface area contributed by atoms with Crippen molar-refractivity contribution in [1.29, 1.82) is 0 Å². The lowest BCUT2D eigenvalue weighted by Crippen LogP contribution is -2.40. The summed E-state index contributed by atoms with van der Waals surface area (Å²) in [5, 5.41) is 14.1. The number of nitrogens with one attached hydrogen (secondary N) is 3. The Bertz CT molecular complexity index is 915. The van der Waals surface area contributed by atoms with Gasteiger partial charge < -0.3 is 10.6 Å². The lowest BCUT2D eigenvalue weighted by molar-refractivity contribution is -0.116. The second-order valence-electron chi connectivity index (χ2n) is 6.39. The zero-order chi connectivity index (χ0) is 17.2. The molecule has 4 heterocycles. The Balaban J connectivity index is 1.42.